The minimum Gasteiger partial charge on any atom is -0.377 e. The molecule has 1 heterocycles. The highest BCUT2D eigenvalue weighted by atomic mass is 16.7. The molecule has 1 aliphatic heterocycles. The summed E-state index contributed by atoms with van der Waals surface area (Å²) in [6, 6.07) is 0. The maximum atomic E-state index is 6.51. The van der Waals surface area contributed by atoms with Gasteiger partial charge < -0.3 is 28.6 Å². The van der Waals surface area contributed by atoms with Crippen molar-refractivity contribution in [3.63, 3.8) is 0 Å². The molecule has 4 fully saturated rings. The highest BCUT2D eigenvalue weighted by Gasteiger charge is 2.59. The summed E-state index contributed by atoms with van der Waals surface area (Å²) in [6.45, 7) is 22.4. The number of likely N-dealkylation sites (tertiary alicyclic amines) is 1. The van der Waals surface area contributed by atoms with Gasteiger partial charge in [-0.3, -0.25) is 0 Å². The predicted octanol–water partition coefficient (Wildman–Crippen LogP) is 15.1. The molecule has 0 amide bonds. The normalized spacial score (nSPS) is 29.6. The zero-order valence-electron chi connectivity index (χ0n) is 42.9. The third-order valence-electron chi connectivity index (χ3n) is 17.3. The fraction of sp³-hybridized carbons (Fsp3) is 0.897. The summed E-state index contributed by atoms with van der Waals surface area (Å²) >= 11 is 0. The second-order valence-corrected chi connectivity index (χ2v) is 22.5. The molecule has 6 heteroatoms. The van der Waals surface area contributed by atoms with Gasteiger partial charge in [-0.2, -0.15) is 0 Å². The topological polar surface area (TPSA) is 49.4 Å². The SMILES string of the molecule is CCCCCC=CCC=CCCCCCCCCOCOCC(CN1CCCCC1)OCCOCCO[C@H]1CC[C@@]2(C)C(=CC[C@H]3[C@@H]4CC[C@H]([C@H](C)CCCC(C)C)[C@@]4(C)CC[C@@H]32)C1. The third kappa shape index (κ3) is 17.8. The van der Waals surface area contributed by atoms with Crippen LogP contribution in [0.2, 0.25) is 0 Å². The fourth-order valence-electron chi connectivity index (χ4n) is 13.5. The van der Waals surface area contributed by atoms with Crippen molar-refractivity contribution in [1.82, 2.24) is 4.90 Å². The quantitative estimate of drug-likeness (QED) is 0.0364. The van der Waals surface area contributed by atoms with Gasteiger partial charge in [-0.05, 0) is 162 Å². The molecule has 370 valence electrons. The van der Waals surface area contributed by atoms with Crippen LogP contribution in [-0.4, -0.2) is 83.2 Å². The number of unbranched alkanes of at least 4 members (excludes halogenated alkanes) is 9. The molecule has 0 aromatic carbocycles. The monoisotopic (exact) mass is 894 g/mol. The molecule has 6 nitrogen and oxygen atoms in total. The summed E-state index contributed by atoms with van der Waals surface area (Å²) in [7, 11) is 0. The Morgan fingerprint density at radius 1 is 0.703 bits per heavy atom. The van der Waals surface area contributed by atoms with E-state index >= 15 is 0 Å². The summed E-state index contributed by atoms with van der Waals surface area (Å²) in [6.07, 6.45) is 46.5. The first kappa shape index (κ1) is 53.9. The van der Waals surface area contributed by atoms with Crippen molar-refractivity contribution in [3.8, 4) is 0 Å². The van der Waals surface area contributed by atoms with Crippen molar-refractivity contribution < 1.29 is 23.7 Å². The number of nitrogens with zero attached hydrogens (tertiary/aromatic N) is 1. The standard InChI is InChI=1S/C58H103NO5/c1-7-8-9-10-11-12-13-14-15-16-17-18-19-20-21-25-39-61-47-62-46-52(45-59-37-23-22-24-38-59)64-43-41-60-40-42-63-51-33-35-57(5)50(44-51)29-30-53-55-32-31-54(49(4)28-26-27-48(2)3)58(55,6)36-34-56(53)57/h11-12,14-15,29,48-49,51-56H,7-10,13,16-28,30-47H2,1-6H3/t49-,51+,52?,53+,54-,55+,56+,57+,58-/m1/s1. The van der Waals surface area contributed by atoms with E-state index in [1.54, 1.807) is 5.57 Å². The Balaban J connectivity index is 0.893. The summed E-state index contributed by atoms with van der Waals surface area (Å²) in [5, 5.41) is 0. The van der Waals surface area contributed by atoms with Crippen LogP contribution >= 0.6 is 0 Å². The molecule has 1 unspecified atom stereocenters. The number of fused-ring (bicyclic) bond motifs is 5. The van der Waals surface area contributed by atoms with Crippen molar-refractivity contribution in [2.24, 2.45) is 46.3 Å². The minimum absolute atomic E-state index is 0.0412. The van der Waals surface area contributed by atoms with Crippen molar-refractivity contribution in [1.29, 1.82) is 0 Å². The molecule has 5 rings (SSSR count). The Morgan fingerprint density at radius 2 is 1.45 bits per heavy atom. The van der Waals surface area contributed by atoms with E-state index in [0.29, 0.717) is 56.8 Å². The first-order valence-corrected chi connectivity index (χ1v) is 27.9. The lowest BCUT2D eigenvalue weighted by Gasteiger charge is -2.58. The first-order valence-electron chi connectivity index (χ1n) is 27.9. The van der Waals surface area contributed by atoms with Crippen LogP contribution in [-0.2, 0) is 23.7 Å². The van der Waals surface area contributed by atoms with Crippen molar-refractivity contribution in [2.75, 3.05) is 66.1 Å². The largest absolute Gasteiger partial charge is 0.377 e. The van der Waals surface area contributed by atoms with E-state index in [1.807, 2.05) is 0 Å². The van der Waals surface area contributed by atoms with Gasteiger partial charge in [0.15, 0.2) is 0 Å². The van der Waals surface area contributed by atoms with Gasteiger partial charge >= 0.3 is 0 Å². The number of ether oxygens (including phenoxy) is 5. The maximum Gasteiger partial charge on any atom is 0.146 e. The molecular weight excluding hydrogens is 791 g/mol. The molecule has 5 aliphatic rings. The zero-order chi connectivity index (χ0) is 45.3. The van der Waals surface area contributed by atoms with Crippen LogP contribution in [0.25, 0.3) is 0 Å². The van der Waals surface area contributed by atoms with E-state index in [9.17, 15) is 0 Å². The highest BCUT2D eigenvalue weighted by Crippen LogP contribution is 2.67. The lowest BCUT2D eigenvalue weighted by atomic mass is 9.47. The van der Waals surface area contributed by atoms with Crippen molar-refractivity contribution >= 4 is 0 Å². The minimum atomic E-state index is 0.0412. The van der Waals surface area contributed by atoms with Crippen LogP contribution in [0.5, 0.6) is 0 Å². The zero-order valence-corrected chi connectivity index (χ0v) is 42.9. The molecule has 9 atom stereocenters. The van der Waals surface area contributed by atoms with Crippen LogP contribution in [0.4, 0.5) is 0 Å². The molecule has 0 aromatic heterocycles. The number of allylic oxidation sites excluding steroid dienone is 5. The van der Waals surface area contributed by atoms with E-state index in [4.69, 9.17) is 23.7 Å². The van der Waals surface area contributed by atoms with E-state index in [1.165, 1.54) is 148 Å². The Morgan fingerprint density at radius 3 is 2.23 bits per heavy atom. The number of hydrogen-bond acceptors (Lipinski definition) is 6. The Hall–Kier alpha value is -1.02. The second kappa shape index (κ2) is 30.5. The van der Waals surface area contributed by atoms with Crippen LogP contribution < -0.4 is 0 Å². The van der Waals surface area contributed by atoms with E-state index < -0.39 is 0 Å². The van der Waals surface area contributed by atoms with Crippen molar-refractivity contribution in [2.45, 2.75) is 221 Å². The van der Waals surface area contributed by atoms with E-state index in [2.05, 4.69) is 76.8 Å². The van der Waals surface area contributed by atoms with Gasteiger partial charge in [0.1, 0.15) is 6.79 Å². The summed E-state index contributed by atoms with van der Waals surface area (Å²) in [4.78, 5) is 2.54. The smallest absolute Gasteiger partial charge is 0.146 e. The van der Waals surface area contributed by atoms with Crippen LogP contribution in [0.1, 0.15) is 208 Å². The molecule has 3 saturated carbocycles. The average Bonchev–Trinajstić information content (AvgIpc) is 3.65. The summed E-state index contributed by atoms with van der Waals surface area (Å²) in [5.41, 5.74) is 2.66. The van der Waals surface area contributed by atoms with Gasteiger partial charge in [0, 0.05) is 13.2 Å². The number of piperidine rings is 1. The van der Waals surface area contributed by atoms with Crippen LogP contribution in [0.3, 0.4) is 0 Å². The molecule has 0 spiro atoms. The van der Waals surface area contributed by atoms with E-state index in [0.717, 1.165) is 81.0 Å². The van der Waals surface area contributed by atoms with Gasteiger partial charge in [0.2, 0.25) is 0 Å². The molecule has 0 N–H and O–H groups in total. The second-order valence-electron chi connectivity index (χ2n) is 22.5. The molecular formula is C58H103NO5. The number of rotatable bonds is 34. The van der Waals surface area contributed by atoms with Gasteiger partial charge in [-0.15, -0.1) is 0 Å². The molecule has 0 aromatic rings. The fourth-order valence-corrected chi connectivity index (χ4v) is 13.5. The van der Waals surface area contributed by atoms with Gasteiger partial charge in [0.25, 0.3) is 0 Å². The molecule has 0 bridgehead atoms. The van der Waals surface area contributed by atoms with Crippen molar-refractivity contribution in [3.05, 3.63) is 36.0 Å². The highest BCUT2D eigenvalue weighted by molar-refractivity contribution is 5.25. The van der Waals surface area contributed by atoms with Crippen LogP contribution in [0, 0.1) is 46.3 Å². The number of hydrogen-bond donors (Lipinski definition) is 0. The Bertz CT molecular complexity index is 1310. The van der Waals surface area contributed by atoms with Crippen LogP contribution in [0.15, 0.2) is 36.0 Å². The molecule has 64 heavy (non-hydrogen) atoms. The summed E-state index contributed by atoms with van der Waals surface area (Å²) < 4.78 is 30.8. The summed E-state index contributed by atoms with van der Waals surface area (Å²) in [5.74, 6) is 5.34. The predicted molar refractivity (Wildman–Crippen MR) is 270 cm³/mol. The van der Waals surface area contributed by atoms with E-state index in [-0.39, 0.29) is 6.10 Å². The Kier molecular flexibility index (Phi) is 25.7. The molecule has 4 aliphatic carbocycles. The lowest BCUT2D eigenvalue weighted by Crippen LogP contribution is -2.51. The van der Waals surface area contributed by atoms with Gasteiger partial charge in [-0.25, -0.2) is 0 Å². The lowest BCUT2D eigenvalue weighted by molar-refractivity contribution is -0.106. The van der Waals surface area contributed by atoms with Gasteiger partial charge in [-0.1, -0.05) is 142 Å². The maximum absolute atomic E-state index is 6.51. The molecule has 1 saturated heterocycles. The van der Waals surface area contributed by atoms with Gasteiger partial charge in [0.05, 0.1) is 45.2 Å². The molecule has 0 radical (unpaired) electrons. The first-order chi connectivity index (χ1) is 31.2. The third-order valence-corrected chi connectivity index (χ3v) is 17.3. The average molecular weight is 894 g/mol. The Labute approximate surface area is 396 Å².